The molecule has 0 saturated heterocycles. The fraction of sp³-hybridized carbons (Fsp3) is 0.235. The molecule has 3 aromatic rings. The third-order valence-corrected chi connectivity index (χ3v) is 4.90. The predicted molar refractivity (Wildman–Crippen MR) is 102 cm³/mol. The molecule has 0 atom stereocenters. The lowest BCUT2D eigenvalue weighted by Crippen LogP contribution is -2.15. The molecule has 1 aliphatic rings. The maximum atomic E-state index is 12.6. The largest absolute Gasteiger partial charge is 0.486 e. The number of hydrogen-bond acceptors (Lipinski definition) is 7. The minimum Gasteiger partial charge on any atom is -0.486 e. The maximum Gasteiger partial charge on any atom is 0.257 e. The van der Waals surface area contributed by atoms with E-state index in [9.17, 15) is 4.79 Å². The van der Waals surface area contributed by atoms with E-state index in [1.165, 1.54) is 17.4 Å². The highest BCUT2D eigenvalue weighted by Gasteiger charge is 2.17. The van der Waals surface area contributed by atoms with E-state index in [1.807, 2.05) is 26.2 Å². The van der Waals surface area contributed by atoms with Crippen molar-refractivity contribution in [1.82, 2.24) is 9.97 Å². The number of ether oxygens (including phenoxy) is 2. The number of nitrogens with one attached hydrogen (secondary N) is 1. The summed E-state index contributed by atoms with van der Waals surface area (Å²) in [6.45, 7) is 1.04. The summed E-state index contributed by atoms with van der Waals surface area (Å²) in [5.74, 6) is 1.67. The van der Waals surface area contributed by atoms with Crippen molar-refractivity contribution in [3.63, 3.8) is 0 Å². The summed E-state index contributed by atoms with van der Waals surface area (Å²) in [6, 6.07) is 6.90. The van der Waals surface area contributed by atoms with Crippen molar-refractivity contribution in [1.29, 1.82) is 0 Å². The lowest BCUT2D eigenvalue weighted by atomic mass is 10.2. The SMILES string of the molecule is CN(C)c1cc(C(=O)Nc2nc3cc4c(cc3s2)OCCO4)cc(Cl)n1. The van der Waals surface area contributed by atoms with Crippen LogP contribution >= 0.6 is 22.9 Å². The van der Waals surface area contributed by atoms with Crippen molar-refractivity contribution in [2.45, 2.75) is 0 Å². The van der Waals surface area contributed by atoms with Gasteiger partial charge in [0.15, 0.2) is 16.6 Å². The van der Waals surface area contributed by atoms with Gasteiger partial charge in [-0.05, 0) is 12.1 Å². The number of carbonyl (C=O) groups excluding carboxylic acids is 1. The third kappa shape index (κ3) is 3.25. The molecule has 0 saturated carbocycles. The summed E-state index contributed by atoms with van der Waals surface area (Å²) in [5.41, 5.74) is 1.16. The maximum absolute atomic E-state index is 12.6. The van der Waals surface area contributed by atoms with Crippen molar-refractivity contribution >= 4 is 50.0 Å². The van der Waals surface area contributed by atoms with Gasteiger partial charge in [-0.15, -0.1) is 0 Å². The summed E-state index contributed by atoms with van der Waals surface area (Å²) in [5, 5.41) is 3.56. The molecule has 0 fully saturated rings. The van der Waals surface area contributed by atoms with Crippen LogP contribution in [0.3, 0.4) is 0 Å². The molecule has 0 spiro atoms. The summed E-state index contributed by atoms with van der Waals surface area (Å²) in [6.07, 6.45) is 0. The Labute approximate surface area is 158 Å². The molecule has 134 valence electrons. The Morgan fingerprint density at radius 1 is 1.15 bits per heavy atom. The van der Waals surface area contributed by atoms with Crippen LogP contribution in [0.4, 0.5) is 10.9 Å². The molecule has 7 nitrogen and oxygen atoms in total. The minimum atomic E-state index is -0.297. The van der Waals surface area contributed by atoms with E-state index in [4.69, 9.17) is 21.1 Å². The fourth-order valence-corrected chi connectivity index (χ4v) is 3.61. The Hall–Kier alpha value is -2.58. The van der Waals surface area contributed by atoms with Crippen LogP contribution in [-0.4, -0.2) is 43.2 Å². The number of pyridine rings is 1. The van der Waals surface area contributed by atoms with Gasteiger partial charge in [-0.3, -0.25) is 10.1 Å². The van der Waals surface area contributed by atoms with Crippen molar-refractivity contribution in [2.75, 3.05) is 37.5 Å². The number of benzene rings is 1. The molecule has 0 unspecified atom stereocenters. The van der Waals surface area contributed by atoms with Crippen LogP contribution in [0.2, 0.25) is 5.15 Å². The van der Waals surface area contributed by atoms with E-state index in [2.05, 4.69) is 15.3 Å². The van der Waals surface area contributed by atoms with Crippen LogP contribution in [-0.2, 0) is 0 Å². The van der Waals surface area contributed by atoms with Gasteiger partial charge in [0, 0.05) is 31.8 Å². The number of aromatic nitrogens is 2. The highest BCUT2D eigenvalue weighted by molar-refractivity contribution is 7.22. The second-order valence-electron chi connectivity index (χ2n) is 5.87. The van der Waals surface area contributed by atoms with Crippen LogP contribution < -0.4 is 19.7 Å². The van der Waals surface area contributed by atoms with E-state index < -0.39 is 0 Å². The van der Waals surface area contributed by atoms with Gasteiger partial charge in [0.05, 0.1) is 10.2 Å². The Balaban J connectivity index is 1.61. The van der Waals surface area contributed by atoms with Gasteiger partial charge in [-0.1, -0.05) is 22.9 Å². The van der Waals surface area contributed by atoms with Crippen LogP contribution in [0.25, 0.3) is 10.2 Å². The number of carbonyl (C=O) groups is 1. The van der Waals surface area contributed by atoms with E-state index >= 15 is 0 Å². The number of nitrogens with zero attached hydrogens (tertiary/aromatic N) is 3. The molecular formula is C17H15ClN4O3S. The summed E-state index contributed by atoms with van der Waals surface area (Å²) >= 11 is 7.39. The smallest absolute Gasteiger partial charge is 0.257 e. The van der Waals surface area contributed by atoms with Crippen molar-refractivity contribution in [3.05, 3.63) is 35.0 Å². The Bertz CT molecular complexity index is 962. The van der Waals surface area contributed by atoms with Crippen molar-refractivity contribution in [3.8, 4) is 11.5 Å². The summed E-state index contributed by atoms with van der Waals surface area (Å²) in [4.78, 5) is 23.0. The first-order valence-electron chi connectivity index (χ1n) is 7.86. The quantitative estimate of drug-likeness (QED) is 0.690. The molecule has 1 amide bonds. The van der Waals surface area contributed by atoms with Gasteiger partial charge in [0.25, 0.3) is 5.91 Å². The minimum absolute atomic E-state index is 0.257. The molecule has 1 N–H and O–H groups in total. The van der Waals surface area contributed by atoms with E-state index in [0.29, 0.717) is 41.2 Å². The second-order valence-corrected chi connectivity index (χ2v) is 7.29. The summed E-state index contributed by atoms with van der Waals surface area (Å²) < 4.78 is 12.1. The zero-order valence-electron chi connectivity index (χ0n) is 14.1. The molecule has 3 heterocycles. The highest BCUT2D eigenvalue weighted by atomic mass is 35.5. The molecular weight excluding hydrogens is 376 g/mol. The molecule has 0 bridgehead atoms. The average Bonchev–Trinajstić information content (AvgIpc) is 2.99. The molecule has 2 aromatic heterocycles. The Kier molecular flexibility index (Phi) is 4.29. The van der Waals surface area contributed by atoms with Gasteiger partial charge < -0.3 is 14.4 Å². The highest BCUT2D eigenvalue weighted by Crippen LogP contribution is 2.37. The standard InChI is InChI=1S/C17H15ClN4O3S/c1-22(2)15-6-9(5-14(18)20-15)16(23)21-17-19-10-7-11-12(8-13(10)26-17)25-4-3-24-11/h5-8H,3-4H2,1-2H3,(H,19,21,23). The lowest BCUT2D eigenvalue weighted by molar-refractivity contribution is 0.102. The molecule has 4 rings (SSSR count). The predicted octanol–water partition coefficient (Wildman–Crippen LogP) is 3.43. The van der Waals surface area contributed by atoms with Crippen LogP contribution in [0, 0.1) is 0 Å². The zero-order valence-corrected chi connectivity index (χ0v) is 15.6. The first kappa shape index (κ1) is 16.9. The summed E-state index contributed by atoms with van der Waals surface area (Å²) in [7, 11) is 3.67. The van der Waals surface area contributed by atoms with Crippen LogP contribution in [0.5, 0.6) is 11.5 Å². The van der Waals surface area contributed by atoms with Gasteiger partial charge >= 0.3 is 0 Å². The number of fused-ring (bicyclic) bond motifs is 2. The number of hydrogen-bond donors (Lipinski definition) is 1. The lowest BCUT2D eigenvalue weighted by Gasteiger charge is -2.17. The molecule has 9 heteroatoms. The molecule has 26 heavy (non-hydrogen) atoms. The fourth-order valence-electron chi connectivity index (χ4n) is 2.53. The van der Waals surface area contributed by atoms with E-state index in [0.717, 1.165) is 10.2 Å². The van der Waals surface area contributed by atoms with Crippen LogP contribution in [0.1, 0.15) is 10.4 Å². The monoisotopic (exact) mass is 390 g/mol. The Morgan fingerprint density at radius 2 is 1.88 bits per heavy atom. The van der Waals surface area contributed by atoms with Gasteiger partial charge in [0.1, 0.15) is 24.2 Å². The molecule has 1 aromatic carbocycles. The second kappa shape index (κ2) is 6.62. The topological polar surface area (TPSA) is 76.6 Å². The molecule has 0 radical (unpaired) electrons. The zero-order chi connectivity index (χ0) is 18.3. The van der Waals surface area contributed by atoms with Gasteiger partial charge in [0.2, 0.25) is 0 Å². The number of thiazole rings is 1. The normalized spacial score (nSPS) is 12.9. The van der Waals surface area contributed by atoms with E-state index in [1.54, 1.807) is 11.0 Å². The first-order valence-corrected chi connectivity index (χ1v) is 9.05. The third-order valence-electron chi connectivity index (χ3n) is 3.77. The van der Waals surface area contributed by atoms with Crippen molar-refractivity contribution in [2.24, 2.45) is 0 Å². The average molecular weight is 391 g/mol. The number of amides is 1. The Morgan fingerprint density at radius 3 is 2.62 bits per heavy atom. The van der Waals surface area contributed by atoms with Crippen LogP contribution in [0.15, 0.2) is 24.3 Å². The number of rotatable bonds is 3. The van der Waals surface area contributed by atoms with Gasteiger partial charge in [-0.25, -0.2) is 9.97 Å². The molecule has 0 aliphatic carbocycles. The van der Waals surface area contributed by atoms with E-state index in [-0.39, 0.29) is 11.1 Å². The number of halogens is 1. The van der Waals surface area contributed by atoms with Gasteiger partial charge in [-0.2, -0.15) is 0 Å². The number of anilines is 2. The first-order chi connectivity index (χ1) is 12.5. The van der Waals surface area contributed by atoms with Crippen molar-refractivity contribution < 1.29 is 14.3 Å². The molecule has 1 aliphatic heterocycles.